The molecule has 0 amide bonds. The van der Waals surface area contributed by atoms with E-state index in [0.29, 0.717) is 6.42 Å². The highest BCUT2D eigenvalue weighted by Gasteiger charge is 2.38. The Labute approximate surface area is 136 Å². The van der Waals surface area contributed by atoms with Gasteiger partial charge < -0.3 is 5.11 Å². The zero-order valence-electron chi connectivity index (χ0n) is 14.5. The highest BCUT2D eigenvalue weighted by Crippen LogP contribution is 2.33. The molecule has 22 heavy (non-hydrogen) atoms. The van der Waals surface area contributed by atoms with Gasteiger partial charge in [0.2, 0.25) is 0 Å². The highest BCUT2D eigenvalue weighted by molar-refractivity contribution is 5.84. The first-order valence-corrected chi connectivity index (χ1v) is 9.23. The number of hydrogen-bond acceptors (Lipinski definition) is 2. The highest BCUT2D eigenvalue weighted by atomic mass is 16.3. The standard InChI is InChI=1S/C20H34O2/c1-3-5-7-9-11-13-15-18-17(19(21)16-20(18)22)14-12-10-8-6-4-2/h10,12-13,15,17-18,20,22H,3-9,11,14,16H2,1-2H3/b12-10-,15-13+/t17-,18-,20-/m1/s1. The fourth-order valence-corrected chi connectivity index (χ4v) is 3.15. The van der Waals surface area contributed by atoms with Crippen LogP contribution in [0.2, 0.25) is 0 Å². The van der Waals surface area contributed by atoms with Crippen molar-refractivity contribution in [1.29, 1.82) is 0 Å². The Balaban J connectivity index is 2.41. The van der Waals surface area contributed by atoms with Crippen LogP contribution in [-0.2, 0) is 4.79 Å². The van der Waals surface area contributed by atoms with Crippen molar-refractivity contribution in [2.45, 2.75) is 84.2 Å². The molecule has 126 valence electrons. The Morgan fingerprint density at radius 2 is 1.73 bits per heavy atom. The van der Waals surface area contributed by atoms with Crippen molar-refractivity contribution in [1.82, 2.24) is 0 Å². The van der Waals surface area contributed by atoms with E-state index in [0.717, 1.165) is 19.3 Å². The number of allylic oxidation sites excluding steroid dienone is 3. The van der Waals surface area contributed by atoms with Gasteiger partial charge in [0.05, 0.1) is 6.10 Å². The van der Waals surface area contributed by atoms with Crippen molar-refractivity contribution >= 4 is 5.78 Å². The van der Waals surface area contributed by atoms with Crippen LogP contribution in [0, 0.1) is 11.8 Å². The minimum atomic E-state index is -0.478. The Kier molecular flexibility index (Phi) is 10.1. The van der Waals surface area contributed by atoms with E-state index in [9.17, 15) is 9.90 Å². The lowest BCUT2D eigenvalue weighted by Crippen LogP contribution is -2.17. The second kappa shape index (κ2) is 11.6. The van der Waals surface area contributed by atoms with E-state index in [1.54, 1.807) is 0 Å². The molecule has 1 fully saturated rings. The van der Waals surface area contributed by atoms with Gasteiger partial charge in [0.25, 0.3) is 0 Å². The topological polar surface area (TPSA) is 37.3 Å². The van der Waals surface area contributed by atoms with Gasteiger partial charge in [-0.3, -0.25) is 4.79 Å². The lowest BCUT2D eigenvalue weighted by Gasteiger charge is -2.15. The maximum Gasteiger partial charge on any atom is 0.139 e. The minimum Gasteiger partial charge on any atom is -0.392 e. The van der Waals surface area contributed by atoms with Crippen LogP contribution in [0.25, 0.3) is 0 Å². The number of hydrogen-bond donors (Lipinski definition) is 1. The maximum absolute atomic E-state index is 12.1. The second-order valence-electron chi connectivity index (χ2n) is 6.55. The first-order valence-electron chi connectivity index (χ1n) is 9.23. The molecule has 0 aromatic rings. The molecule has 1 rings (SSSR count). The summed E-state index contributed by atoms with van der Waals surface area (Å²) in [4.78, 5) is 12.1. The molecule has 0 aromatic heterocycles. The van der Waals surface area contributed by atoms with E-state index in [4.69, 9.17) is 0 Å². The monoisotopic (exact) mass is 306 g/mol. The number of Topliss-reactive ketones (excluding diaryl/α,β-unsaturated/α-hetero) is 1. The molecule has 0 spiro atoms. The number of carbonyl (C=O) groups excluding carboxylic acids is 1. The molecule has 1 saturated carbocycles. The molecule has 1 N–H and O–H groups in total. The summed E-state index contributed by atoms with van der Waals surface area (Å²) in [7, 11) is 0. The van der Waals surface area contributed by atoms with E-state index in [2.05, 4.69) is 38.2 Å². The predicted molar refractivity (Wildman–Crippen MR) is 93.8 cm³/mol. The van der Waals surface area contributed by atoms with Gasteiger partial charge in [-0.2, -0.15) is 0 Å². The first-order chi connectivity index (χ1) is 10.7. The number of rotatable bonds is 11. The summed E-state index contributed by atoms with van der Waals surface area (Å²) in [6, 6.07) is 0. The van der Waals surface area contributed by atoms with Crippen LogP contribution in [0.5, 0.6) is 0 Å². The van der Waals surface area contributed by atoms with Crippen LogP contribution in [0.3, 0.4) is 0 Å². The SMILES string of the molecule is CCCC/C=C\C[C@H]1C(=O)C[C@@H](O)[C@@H]1/C=C/CCCCCC. The van der Waals surface area contributed by atoms with Gasteiger partial charge in [0, 0.05) is 18.3 Å². The second-order valence-corrected chi connectivity index (χ2v) is 6.55. The van der Waals surface area contributed by atoms with Gasteiger partial charge >= 0.3 is 0 Å². The van der Waals surface area contributed by atoms with Crippen LogP contribution in [-0.4, -0.2) is 17.0 Å². The van der Waals surface area contributed by atoms with Gasteiger partial charge in [0.15, 0.2) is 0 Å². The first kappa shape index (κ1) is 19.2. The van der Waals surface area contributed by atoms with E-state index in [1.165, 1.54) is 38.5 Å². The van der Waals surface area contributed by atoms with Crippen molar-refractivity contribution in [3.63, 3.8) is 0 Å². The van der Waals surface area contributed by atoms with Crippen molar-refractivity contribution in [3.05, 3.63) is 24.3 Å². The lowest BCUT2D eigenvalue weighted by atomic mass is 9.90. The fourth-order valence-electron chi connectivity index (χ4n) is 3.15. The van der Waals surface area contributed by atoms with Gasteiger partial charge in [-0.25, -0.2) is 0 Å². The number of unbranched alkanes of at least 4 members (excludes halogenated alkanes) is 6. The van der Waals surface area contributed by atoms with Crippen molar-refractivity contribution in [2.75, 3.05) is 0 Å². The van der Waals surface area contributed by atoms with Crippen molar-refractivity contribution in [2.24, 2.45) is 11.8 Å². The molecule has 0 aliphatic heterocycles. The summed E-state index contributed by atoms with van der Waals surface area (Å²) < 4.78 is 0. The molecule has 3 atom stereocenters. The molecule has 0 aromatic carbocycles. The van der Waals surface area contributed by atoms with Crippen molar-refractivity contribution in [3.8, 4) is 0 Å². The normalized spacial score (nSPS) is 25.8. The lowest BCUT2D eigenvalue weighted by molar-refractivity contribution is -0.121. The quantitative estimate of drug-likeness (QED) is 0.420. The van der Waals surface area contributed by atoms with Crippen LogP contribution in [0.1, 0.15) is 78.1 Å². The molecular formula is C20H34O2. The Hall–Kier alpha value is -0.890. The number of aliphatic hydroxyl groups excluding tert-OH is 1. The third kappa shape index (κ3) is 6.91. The third-order valence-corrected chi connectivity index (χ3v) is 4.60. The molecule has 0 heterocycles. The summed E-state index contributed by atoms with van der Waals surface area (Å²) >= 11 is 0. The van der Waals surface area contributed by atoms with Gasteiger partial charge in [-0.05, 0) is 25.7 Å². The predicted octanol–water partition coefficient (Wildman–Crippen LogP) is 5.22. The Morgan fingerprint density at radius 1 is 1.00 bits per heavy atom. The molecule has 1 aliphatic rings. The number of ketones is 1. The van der Waals surface area contributed by atoms with E-state index < -0.39 is 6.10 Å². The Bertz CT molecular complexity index is 357. The minimum absolute atomic E-state index is 0.0141. The van der Waals surface area contributed by atoms with Gasteiger partial charge in [-0.15, -0.1) is 0 Å². The average Bonchev–Trinajstić information content (AvgIpc) is 2.77. The Morgan fingerprint density at radius 3 is 2.45 bits per heavy atom. The molecule has 2 nitrogen and oxygen atoms in total. The molecule has 0 saturated heterocycles. The fraction of sp³-hybridized carbons (Fsp3) is 0.750. The molecular weight excluding hydrogens is 272 g/mol. The summed E-state index contributed by atoms with van der Waals surface area (Å²) in [6.07, 6.45) is 18.8. The zero-order valence-corrected chi connectivity index (χ0v) is 14.5. The summed E-state index contributed by atoms with van der Waals surface area (Å²) in [5.41, 5.74) is 0. The maximum atomic E-state index is 12.1. The van der Waals surface area contributed by atoms with Crippen LogP contribution in [0.15, 0.2) is 24.3 Å². The zero-order chi connectivity index (χ0) is 16.2. The van der Waals surface area contributed by atoms with Crippen molar-refractivity contribution < 1.29 is 9.90 Å². The summed E-state index contributed by atoms with van der Waals surface area (Å²) in [5.74, 6) is 0.238. The molecule has 0 bridgehead atoms. The molecule has 0 unspecified atom stereocenters. The molecule has 0 radical (unpaired) electrons. The number of carbonyl (C=O) groups is 1. The van der Waals surface area contributed by atoms with Crippen LogP contribution >= 0.6 is 0 Å². The summed E-state index contributed by atoms with van der Waals surface area (Å²) in [6.45, 7) is 4.40. The van der Waals surface area contributed by atoms with E-state index in [1.807, 2.05) is 0 Å². The van der Waals surface area contributed by atoms with Gasteiger partial charge in [-0.1, -0.05) is 70.3 Å². The van der Waals surface area contributed by atoms with E-state index >= 15 is 0 Å². The molecule has 2 heteroatoms. The molecule has 1 aliphatic carbocycles. The van der Waals surface area contributed by atoms with Crippen LogP contribution in [0.4, 0.5) is 0 Å². The largest absolute Gasteiger partial charge is 0.392 e. The van der Waals surface area contributed by atoms with E-state index in [-0.39, 0.29) is 17.6 Å². The smallest absolute Gasteiger partial charge is 0.139 e. The number of aliphatic hydroxyl groups is 1. The third-order valence-electron chi connectivity index (χ3n) is 4.60. The summed E-state index contributed by atoms with van der Waals surface area (Å²) in [5, 5.41) is 10.1. The van der Waals surface area contributed by atoms with Crippen LogP contribution < -0.4 is 0 Å². The van der Waals surface area contributed by atoms with Gasteiger partial charge in [0.1, 0.15) is 5.78 Å². The average molecular weight is 306 g/mol.